The Balaban J connectivity index is 1.81. The normalized spacial score (nSPS) is 11.1. The number of nitrogens with zero attached hydrogens (tertiary/aromatic N) is 1. The average molecular weight is 408 g/mol. The van der Waals surface area contributed by atoms with Crippen molar-refractivity contribution in [3.8, 4) is 28.3 Å². The number of rotatable bonds is 3. The van der Waals surface area contributed by atoms with Gasteiger partial charge in [-0.3, -0.25) is 0 Å². The number of aromatic nitrogens is 1. The highest BCUT2D eigenvalue weighted by Crippen LogP contribution is 2.34. The van der Waals surface area contributed by atoms with E-state index < -0.39 is 0 Å². The molecule has 130 valence electrons. The topological polar surface area (TPSA) is 35.3 Å². The molecule has 3 aromatic carbocycles. The summed E-state index contributed by atoms with van der Waals surface area (Å²) in [4.78, 5) is 4.62. The summed E-state index contributed by atoms with van der Waals surface area (Å²) in [7, 11) is 1.71. The SMILES string of the molecule is COc1c(C)cc(-c2ccc3nc(-c4ccccc4Br)oc3c2)cc1C. The van der Waals surface area contributed by atoms with Gasteiger partial charge in [-0.1, -0.05) is 18.2 Å². The average Bonchev–Trinajstić information content (AvgIpc) is 3.04. The van der Waals surface area contributed by atoms with Crippen LogP contribution in [0, 0.1) is 13.8 Å². The number of ether oxygens (including phenoxy) is 1. The molecule has 0 radical (unpaired) electrons. The molecule has 0 aliphatic heterocycles. The van der Waals surface area contributed by atoms with Crippen molar-refractivity contribution in [1.29, 1.82) is 0 Å². The Bertz CT molecular complexity index is 1090. The van der Waals surface area contributed by atoms with Gasteiger partial charge in [0.25, 0.3) is 0 Å². The maximum atomic E-state index is 6.04. The van der Waals surface area contributed by atoms with Crippen LogP contribution in [0.4, 0.5) is 0 Å². The van der Waals surface area contributed by atoms with Gasteiger partial charge in [0.15, 0.2) is 5.58 Å². The lowest BCUT2D eigenvalue weighted by Crippen LogP contribution is -1.92. The standard InChI is InChI=1S/C22H18BrNO2/c1-13-10-16(11-14(2)21(13)25-3)15-8-9-19-20(12-15)26-22(24-19)17-6-4-5-7-18(17)23/h4-12H,1-3H3. The molecule has 0 saturated carbocycles. The Labute approximate surface area is 160 Å². The van der Waals surface area contributed by atoms with E-state index in [0.29, 0.717) is 5.89 Å². The van der Waals surface area contributed by atoms with Gasteiger partial charge in [-0.2, -0.15) is 0 Å². The van der Waals surface area contributed by atoms with Crippen LogP contribution in [0.2, 0.25) is 0 Å². The van der Waals surface area contributed by atoms with Gasteiger partial charge in [-0.15, -0.1) is 0 Å². The molecule has 0 N–H and O–H groups in total. The van der Waals surface area contributed by atoms with Gasteiger partial charge in [0.2, 0.25) is 5.89 Å². The summed E-state index contributed by atoms with van der Waals surface area (Å²) >= 11 is 3.56. The predicted octanol–water partition coefficient (Wildman–Crippen LogP) is 6.55. The molecule has 0 fully saturated rings. The van der Waals surface area contributed by atoms with Crippen LogP contribution < -0.4 is 4.74 Å². The Morgan fingerprint density at radius 2 is 1.65 bits per heavy atom. The molecule has 0 aliphatic rings. The first-order valence-corrected chi connectivity index (χ1v) is 9.17. The second-order valence-corrected chi connectivity index (χ2v) is 7.18. The van der Waals surface area contributed by atoms with Crippen LogP contribution >= 0.6 is 15.9 Å². The third kappa shape index (κ3) is 2.90. The molecule has 1 heterocycles. The Kier molecular flexibility index (Phi) is 4.29. The maximum Gasteiger partial charge on any atom is 0.228 e. The second kappa shape index (κ2) is 6.61. The molecule has 0 atom stereocenters. The van der Waals surface area contributed by atoms with Crippen LogP contribution in [0.5, 0.6) is 5.75 Å². The summed E-state index contributed by atoms with van der Waals surface area (Å²) in [5, 5.41) is 0. The highest BCUT2D eigenvalue weighted by atomic mass is 79.9. The smallest absolute Gasteiger partial charge is 0.228 e. The van der Waals surface area contributed by atoms with E-state index in [2.05, 4.69) is 53.0 Å². The molecule has 1 aromatic heterocycles. The number of halogens is 1. The molecule has 3 nitrogen and oxygen atoms in total. The molecule has 0 saturated heterocycles. The number of benzene rings is 3. The fraction of sp³-hybridized carbons (Fsp3) is 0.136. The number of aryl methyl sites for hydroxylation is 2. The lowest BCUT2D eigenvalue weighted by Gasteiger charge is -2.11. The van der Waals surface area contributed by atoms with Crippen molar-refractivity contribution >= 4 is 27.0 Å². The van der Waals surface area contributed by atoms with Gasteiger partial charge in [0.05, 0.1) is 12.7 Å². The van der Waals surface area contributed by atoms with Crippen LogP contribution in [-0.2, 0) is 0 Å². The molecule has 0 unspecified atom stereocenters. The molecule has 0 amide bonds. The van der Waals surface area contributed by atoms with Crippen molar-refractivity contribution in [1.82, 2.24) is 4.98 Å². The molecule has 0 aliphatic carbocycles. The number of hydrogen-bond acceptors (Lipinski definition) is 3. The first kappa shape index (κ1) is 16.9. The second-order valence-electron chi connectivity index (χ2n) is 6.32. The summed E-state index contributed by atoms with van der Waals surface area (Å²) in [6.45, 7) is 4.13. The minimum Gasteiger partial charge on any atom is -0.496 e. The number of oxazole rings is 1. The Hall–Kier alpha value is -2.59. The molecule has 4 heteroatoms. The summed E-state index contributed by atoms with van der Waals surface area (Å²) < 4.78 is 12.5. The first-order valence-electron chi connectivity index (χ1n) is 8.38. The van der Waals surface area contributed by atoms with Crippen molar-refractivity contribution < 1.29 is 9.15 Å². The molecule has 0 spiro atoms. The minimum absolute atomic E-state index is 0.617. The molecule has 26 heavy (non-hydrogen) atoms. The highest BCUT2D eigenvalue weighted by molar-refractivity contribution is 9.10. The monoisotopic (exact) mass is 407 g/mol. The summed E-state index contributed by atoms with van der Waals surface area (Å²) in [6.07, 6.45) is 0. The minimum atomic E-state index is 0.617. The van der Waals surface area contributed by atoms with Crippen LogP contribution in [0.15, 0.2) is 63.5 Å². The zero-order chi connectivity index (χ0) is 18.3. The first-order chi connectivity index (χ1) is 12.6. The number of hydrogen-bond donors (Lipinski definition) is 0. The van der Waals surface area contributed by atoms with E-state index in [-0.39, 0.29) is 0 Å². The zero-order valence-corrected chi connectivity index (χ0v) is 16.4. The Morgan fingerprint density at radius 3 is 2.35 bits per heavy atom. The van der Waals surface area contributed by atoms with E-state index in [9.17, 15) is 0 Å². The fourth-order valence-electron chi connectivity index (χ4n) is 3.29. The van der Waals surface area contributed by atoms with Crippen molar-refractivity contribution in [3.05, 3.63) is 70.2 Å². The largest absolute Gasteiger partial charge is 0.496 e. The third-order valence-electron chi connectivity index (χ3n) is 4.49. The van der Waals surface area contributed by atoms with E-state index in [0.717, 1.165) is 49.1 Å². The van der Waals surface area contributed by atoms with Gasteiger partial charge >= 0.3 is 0 Å². The van der Waals surface area contributed by atoms with E-state index in [1.807, 2.05) is 36.4 Å². The lowest BCUT2D eigenvalue weighted by molar-refractivity contribution is 0.408. The number of fused-ring (bicyclic) bond motifs is 1. The van der Waals surface area contributed by atoms with Gasteiger partial charge < -0.3 is 9.15 Å². The molecular weight excluding hydrogens is 390 g/mol. The van der Waals surface area contributed by atoms with Gasteiger partial charge in [-0.25, -0.2) is 4.98 Å². The summed E-state index contributed by atoms with van der Waals surface area (Å²) in [5.41, 5.74) is 7.05. The molecule has 0 bridgehead atoms. The Morgan fingerprint density at radius 1 is 0.923 bits per heavy atom. The molecule has 4 aromatic rings. The van der Waals surface area contributed by atoms with E-state index in [1.165, 1.54) is 0 Å². The van der Waals surface area contributed by atoms with E-state index in [4.69, 9.17) is 9.15 Å². The van der Waals surface area contributed by atoms with Gasteiger partial charge in [0, 0.05) is 4.47 Å². The van der Waals surface area contributed by atoms with Crippen molar-refractivity contribution in [2.24, 2.45) is 0 Å². The molecule has 4 rings (SSSR count). The predicted molar refractivity (Wildman–Crippen MR) is 109 cm³/mol. The number of methoxy groups -OCH3 is 1. The lowest BCUT2D eigenvalue weighted by atomic mass is 9.99. The zero-order valence-electron chi connectivity index (χ0n) is 14.8. The van der Waals surface area contributed by atoms with Crippen molar-refractivity contribution in [2.75, 3.05) is 7.11 Å². The molecular formula is C22H18BrNO2. The maximum absolute atomic E-state index is 6.04. The van der Waals surface area contributed by atoms with Crippen molar-refractivity contribution in [2.45, 2.75) is 13.8 Å². The van der Waals surface area contributed by atoms with E-state index >= 15 is 0 Å². The third-order valence-corrected chi connectivity index (χ3v) is 5.18. The fourth-order valence-corrected chi connectivity index (χ4v) is 3.75. The quantitative estimate of drug-likeness (QED) is 0.386. The van der Waals surface area contributed by atoms with Gasteiger partial charge in [0.1, 0.15) is 11.3 Å². The van der Waals surface area contributed by atoms with Crippen molar-refractivity contribution in [3.63, 3.8) is 0 Å². The van der Waals surface area contributed by atoms with Crippen LogP contribution in [0.3, 0.4) is 0 Å². The van der Waals surface area contributed by atoms with Crippen LogP contribution in [0.25, 0.3) is 33.7 Å². The van der Waals surface area contributed by atoms with Crippen LogP contribution in [-0.4, -0.2) is 12.1 Å². The highest BCUT2D eigenvalue weighted by Gasteiger charge is 2.13. The summed E-state index contributed by atoms with van der Waals surface area (Å²) in [6, 6.07) is 18.3. The summed E-state index contributed by atoms with van der Waals surface area (Å²) in [5.74, 6) is 1.55. The van der Waals surface area contributed by atoms with Gasteiger partial charge in [-0.05, 0) is 88.4 Å². The van der Waals surface area contributed by atoms with Crippen LogP contribution in [0.1, 0.15) is 11.1 Å². The van der Waals surface area contributed by atoms with E-state index in [1.54, 1.807) is 7.11 Å².